The van der Waals surface area contributed by atoms with Crippen molar-refractivity contribution in [2.45, 2.75) is 58.2 Å². The van der Waals surface area contributed by atoms with Crippen LogP contribution in [0, 0.1) is 0 Å². The van der Waals surface area contributed by atoms with Gasteiger partial charge in [0.1, 0.15) is 6.10 Å². The summed E-state index contributed by atoms with van der Waals surface area (Å²) in [6.07, 6.45) is 3.58. The molecule has 0 spiro atoms. The SMILES string of the molecule is C[C@@H](CN1[C@@H](C)CCC[C@@H]1C)OC(=O)c1ccccc1Cl. The number of rotatable bonds is 4. The summed E-state index contributed by atoms with van der Waals surface area (Å²) in [5.41, 5.74) is 0.436. The molecule has 1 fully saturated rings. The van der Waals surface area contributed by atoms with Crippen LogP contribution in [-0.4, -0.2) is 35.6 Å². The van der Waals surface area contributed by atoms with Gasteiger partial charge < -0.3 is 4.74 Å². The lowest BCUT2D eigenvalue weighted by Gasteiger charge is -2.40. The van der Waals surface area contributed by atoms with Gasteiger partial charge in [0, 0.05) is 18.6 Å². The minimum atomic E-state index is -0.342. The zero-order valence-corrected chi connectivity index (χ0v) is 13.8. The molecule has 1 aromatic carbocycles. The second-order valence-electron chi connectivity index (χ2n) is 6.02. The van der Waals surface area contributed by atoms with Gasteiger partial charge in [-0.25, -0.2) is 4.79 Å². The monoisotopic (exact) mass is 309 g/mol. The molecule has 21 heavy (non-hydrogen) atoms. The summed E-state index contributed by atoms with van der Waals surface area (Å²) in [4.78, 5) is 14.6. The van der Waals surface area contributed by atoms with Crippen LogP contribution >= 0.6 is 11.6 Å². The van der Waals surface area contributed by atoms with E-state index in [1.807, 2.05) is 6.92 Å². The molecule has 3 atom stereocenters. The van der Waals surface area contributed by atoms with Crippen molar-refractivity contribution in [1.82, 2.24) is 4.90 Å². The molecule has 0 amide bonds. The van der Waals surface area contributed by atoms with E-state index in [9.17, 15) is 4.79 Å². The summed E-state index contributed by atoms with van der Waals surface area (Å²) >= 11 is 6.03. The molecule has 0 unspecified atom stereocenters. The fourth-order valence-electron chi connectivity index (χ4n) is 3.04. The molecule has 1 heterocycles. The molecule has 0 saturated carbocycles. The molecular weight excluding hydrogens is 286 g/mol. The first-order valence-electron chi connectivity index (χ1n) is 7.70. The summed E-state index contributed by atoms with van der Waals surface area (Å²) in [6.45, 7) is 7.22. The van der Waals surface area contributed by atoms with Gasteiger partial charge in [0.2, 0.25) is 0 Å². The van der Waals surface area contributed by atoms with Gasteiger partial charge in [-0.05, 0) is 45.7 Å². The smallest absolute Gasteiger partial charge is 0.339 e. The number of nitrogens with zero attached hydrogens (tertiary/aromatic N) is 1. The maximum atomic E-state index is 12.2. The molecule has 0 N–H and O–H groups in total. The molecule has 1 aliphatic heterocycles. The van der Waals surface area contributed by atoms with Crippen molar-refractivity contribution in [3.63, 3.8) is 0 Å². The number of carbonyl (C=O) groups excluding carboxylic acids is 1. The van der Waals surface area contributed by atoms with E-state index in [2.05, 4.69) is 18.7 Å². The Labute approximate surface area is 132 Å². The van der Waals surface area contributed by atoms with E-state index in [0.717, 1.165) is 6.54 Å². The number of likely N-dealkylation sites (tertiary alicyclic amines) is 1. The van der Waals surface area contributed by atoms with E-state index in [0.29, 0.717) is 22.7 Å². The summed E-state index contributed by atoms with van der Waals surface area (Å²) in [5, 5.41) is 0.439. The fraction of sp³-hybridized carbons (Fsp3) is 0.588. The van der Waals surface area contributed by atoms with E-state index in [4.69, 9.17) is 16.3 Å². The lowest BCUT2D eigenvalue weighted by molar-refractivity contribution is 0.00813. The average Bonchev–Trinajstić information content (AvgIpc) is 2.43. The number of benzene rings is 1. The molecule has 1 saturated heterocycles. The van der Waals surface area contributed by atoms with Gasteiger partial charge in [-0.2, -0.15) is 0 Å². The standard InChI is InChI=1S/C17H24ClNO2/c1-12-7-6-8-13(2)19(12)11-14(3)21-17(20)15-9-4-5-10-16(15)18/h4-5,9-10,12-14H,6-8,11H2,1-3H3/t12-,13-,14-/m0/s1. The second kappa shape index (κ2) is 7.28. The Morgan fingerprint density at radius 3 is 2.57 bits per heavy atom. The Kier molecular flexibility index (Phi) is 5.65. The maximum absolute atomic E-state index is 12.2. The Hall–Kier alpha value is -1.06. The van der Waals surface area contributed by atoms with Crippen molar-refractivity contribution in [3.8, 4) is 0 Å². The molecule has 4 heteroatoms. The Bertz CT molecular complexity index is 481. The number of hydrogen-bond donors (Lipinski definition) is 0. The highest BCUT2D eigenvalue weighted by molar-refractivity contribution is 6.33. The first-order chi connectivity index (χ1) is 9.99. The van der Waals surface area contributed by atoms with Crippen molar-refractivity contribution in [3.05, 3.63) is 34.9 Å². The molecule has 1 aromatic rings. The third-order valence-corrected chi connectivity index (χ3v) is 4.58. The molecule has 0 radical (unpaired) electrons. The number of esters is 1. The van der Waals surface area contributed by atoms with Crippen molar-refractivity contribution in [2.24, 2.45) is 0 Å². The second-order valence-corrected chi connectivity index (χ2v) is 6.43. The van der Waals surface area contributed by atoms with Crippen molar-refractivity contribution < 1.29 is 9.53 Å². The van der Waals surface area contributed by atoms with Gasteiger partial charge in [-0.15, -0.1) is 0 Å². The first kappa shape index (κ1) is 16.3. The third kappa shape index (κ3) is 4.21. The largest absolute Gasteiger partial charge is 0.458 e. The van der Waals surface area contributed by atoms with Gasteiger partial charge in [0.15, 0.2) is 0 Å². The van der Waals surface area contributed by atoms with E-state index in [1.165, 1.54) is 19.3 Å². The summed E-state index contributed by atoms with van der Waals surface area (Å²) in [5.74, 6) is -0.342. The number of ether oxygens (including phenoxy) is 1. The summed E-state index contributed by atoms with van der Waals surface area (Å²) < 4.78 is 5.55. The highest BCUT2D eigenvalue weighted by Crippen LogP contribution is 2.23. The van der Waals surface area contributed by atoms with Gasteiger partial charge in [0.05, 0.1) is 10.6 Å². The van der Waals surface area contributed by atoms with Gasteiger partial charge in [-0.1, -0.05) is 30.2 Å². The van der Waals surface area contributed by atoms with Crippen LogP contribution in [0.2, 0.25) is 5.02 Å². The molecule has 116 valence electrons. The lowest BCUT2D eigenvalue weighted by Crippen LogP contribution is -2.47. The normalized spacial score (nSPS) is 24.6. The zero-order valence-electron chi connectivity index (χ0n) is 13.0. The van der Waals surface area contributed by atoms with Crippen LogP contribution in [-0.2, 0) is 4.74 Å². The van der Waals surface area contributed by atoms with E-state index >= 15 is 0 Å². The van der Waals surface area contributed by atoms with Gasteiger partial charge in [0.25, 0.3) is 0 Å². The number of halogens is 1. The van der Waals surface area contributed by atoms with Crippen molar-refractivity contribution in [1.29, 1.82) is 0 Å². The Morgan fingerprint density at radius 2 is 1.95 bits per heavy atom. The molecule has 2 rings (SSSR count). The van der Waals surface area contributed by atoms with Gasteiger partial charge >= 0.3 is 5.97 Å². The first-order valence-corrected chi connectivity index (χ1v) is 8.08. The molecule has 0 aliphatic carbocycles. The third-order valence-electron chi connectivity index (χ3n) is 4.25. The van der Waals surface area contributed by atoms with E-state index < -0.39 is 0 Å². The highest BCUT2D eigenvalue weighted by atomic mass is 35.5. The van der Waals surface area contributed by atoms with Crippen molar-refractivity contribution >= 4 is 17.6 Å². The molecule has 1 aliphatic rings. The number of hydrogen-bond acceptors (Lipinski definition) is 3. The van der Waals surface area contributed by atoms with Gasteiger partial charge in [-0.3, -0.25) is 4.90 Å². The molecule has 0 aromatic heterocycles. The lowest BCUT2D eigenvalue weighted by atomic mass is 9.97. The predicted molar refractivity (Wildman–Crippen MR) is 85.8 cm³/mol. The van der Waals surface area contributed by atoms with E-state index in [-0.39, 0.29) is 12.1 Å². The van der Waals surface area contributed by atoms with Crippen LogP contribution in [0.5, 0.6) is 0 Å². The molecule has 3 nitrogen and oxygen atoms in total. The minimum absolute atomic E-state index is 0.142. The Morgan fingerprint density at radius 1 is 1.33 bits per heavy atom. The maximum Gasteiger partial charge on any atom is 0.339 e. The summed E-state index contributed by atoms with van der Waals surface area (Å²) in [6, 6.07) is 8.10. The number of piperidine rings is 1. The minimum Gasteiger partial charge on any atom is -0.458 e. The number of carbonyl (C=O) groups is 1. The summed E-state index contributed by atoms with van der Waals surface area (Å²) in [7, 11) is 0. The predicted octanol–water partition coefficient (Wildman–Crippen LogP) is 4.15. The average molecular weight is 310 g/mol. The van der Waals surface area contributed by atoms with Crippen LogP contribution in [0.25, 0.3) is 0 Å². The van der Waals surface area contributed by atoms with Crippen molar-refractivity contribution in [2.75, 3.05) is 6.54 Å². The quantitative estimate of drug-likeness (QED) is 0.783. The van der Waals surface area contributed by atoms with Crippen LogP contribution < -0.4 is 0 Å². The van der Waals surface area contributed by atoms with Crippen LogP contribution in [0.1, 0.15) is 50.4 Å². The van der Waals surface area contributed by atoms with Crippen LogP contribution in [0.15, 0.2) is 24.3 Å². The highest BCUT2D eigenvalue weighted by Gasteiger charge is 2.27. The van der Waals surface area contributed by atoms with Crippen LogP contribution in [0.4, 0.5) is 0 Å². The molecular formula is C17H24ClNO2. The van der Waals surface area contributed by atoms with E-state index in [1.54, 1.807) is 24.3 Å². The topological polar surface area (TPSA) is 29.5 Å². The zero-order chi connectivity index (χ0) is 15.4. The Balaban J connectivity index is 1.93. The van der Waals surface area contributed by atoms with Crippen LogP contribution in [0.3, 0.4) is 0 Å². The fourth-order valence-corrected chi connectivity index (χ4v) is 3.25. The molecule has 0 bridgehead atoms.